The van der Waals surface area contributed by atoms with E-state index in [1.165, 1.54) is 18.2 Å². The van der Waals surface area contributed by atoms with Crippen LogP contribution < -0.4 is 10.1 Å². The minimum absolute atomic E-state index is 0.159. The molecule has 0 spiro atoms. The van der Waals surface area contributed by atoms with Gasteiger partial charge in [-0.05, 0) is 52.7 Å². The lowest BCUT2D eigenvalue weighted by Crippen LogP contribution is -2.13. The summed E-state index contributed by atoms with van der Waals surface area (Å²) in [6.07, 6.45) is 0.814. The van der Waals surface area contributed by atoms with Gasteiger partial charge < -0.3 is 10.1 Å². The Morgan fingerprint density at radius 1 is 1.33 bits per heavy atom. The Kier molecular flexibility index (Phi) is 6.16. The van der Waals surface area contributed by atoms with Crippen molar-refractivity contribution < 1.29 is 14.5 Å². The monoisotopic (exact) mass is 412 g/mol. The van der Waals surface area contributed by atoms with Crippen LogP contribution in [0.4, 0.5) is 11.4 Å². The van der Waals surface area contributed by atoms with Crippen LogP contribution in [0.3, 0.4) is 0 Å². The minimum Gasteiger partial charge on any atom is -0.491 e. The van der Waals surface area contributed by atoms with E-state index in [1.807, 2.05) is 6.92 Å². The molecule has 0 aliphatic carbocycles. The van der Waals surface area contributed by atoms with Crippen LogP contribution in [0.25, 0.3) is 0 Å². The summed E-state index contributed by atoms with van der Waals surface area (Å²) in [4.78, 5) is 22.8. The number of nitro benzene ring substituents is 1. The first-order valence-electron chi connectivity index (χ1n) is 7.10. The molecule has 6 nitrogen and oxygen atoms in total. The van der Waals surface area contributed by atoms with Gasteiger partial charge in [0.15, 0.2) is 0 Å². The molecule has 2 aromatic rings. The van der Waals surface area contributed by atoms with Gasteiger partial charge >= 0.3 is 0 Å². The van der Waals surface area contributed by atoms with Gasteiger partial charge in [0.25, 0.3) is 11.6 Å². The summed E-state index contributed by atoms with van der Waals surface area (Å²) in [6.45, 7) is 2.46. The normalized spacial score (nSPS) is 10.3. The zero-order chi connectivity index (χ0) is 17.7. The molecule has 0 radical (unpaired) electrons. The van der Waals surface area contributed by atoms with Gasteiger partial charge in [-0.15, -0.1) is 0 Å². The number of carbonyl (C=O) groups excluding carboxylic acids is 1. The second-order valence-corrected chi connectivity index (χ2v) is 6.16. The minimum atomic E-state index is -0.559. The number of hydrogen-bond donors (Lipinski definition) is 1. The predicted molar refractivity (Wildman–Crippen MR) is 96.0 cm³/mol. The number of rotatable bonds is 6. The molecule has 0 aromatic heterocycles. The summed E-state index contributed by atoms with van der Waals surface area (Å²) in [7, 11) is 0. The highest BCUT2D eigenvalue weighted by atomic mass is 79.9. The SMILES string of the molecule is CCCOc1ccc(Cl)cc1NC(=O)c1ccc(Br)c([N+](=O)[O-])c1. The Hall–Kier alpha value is -2.12. The molecular weight excluding hydrogens is 400 g/mol. The number of hydrogen-bond acceptors (Lipinski definition) is 4. The number of benzene rings is 2. The summed E-state index contributed by atoms with van der Waals surface area (Å²) in [5, 5.41) is 14.1. The summed E-state index contributed by atoms with van der Waals surface area (Å²) >= 11 is 9.05. The average molecular weight is 414 g/mol. The quantitative estimate of drug-likeness (QED) is 0.530. The van der Waals surface area contributed by atoms with Crippen LogP contribution in [0.15, 0.2) is 40.9 Å². The van der Waals surface area contributed by atoms with E-state index in [0.29, 0.717) is 27.5 Å². The van der Waals surface area contributed by atoms with E-state index in [2.05, 4.69) is 21.2 Å². The van der Waals surface area contributed by atoms with Crippen molar-refractivity contribution in [3.63, 3.8) is 0 Å². The third kappa shape index (κ3) is 4.46. The lowest BCUT2D eigenvalue weighted by Gasteiger charge is -2.12. The summed E-state index contributed by atoms with van der Waals surface area (Å²) in [5.41, 5.74) is 0.383. The van der Waals surface area contributed by atoms with Crippen molar-refractivity contribution in [1.29, 1.82) is 0 Å². The highest BCUT2D eigenvalue weighted by molar-refractivity contribution is 9.10. The van der Waals surface area contributed by atoms with E-state index >= 15 is 0 Å². The number of nitrogens with one attached hydrogen (secondary N) is 1. The van der Waals surface area contributed by atoms with Crippen molar-refractivity contribution in [2.75, 3.05) is 11.9 Å². The number of anilines is 1. The number of nitro groups is 1. The molecule has 2 rings (SSSR count). The van der Waals surface area contributed by atoms with Crippen LogP contribution >= 0.6 is 27.5 Å². The number of ether oxygens (including phenoxy) is 1. The third-order valence-corrected chi connectivity index (χ3v) is 3.96. The molecule has 0 aliphatic rings. The number of amides is 1. The number of nitrogens with zero attached hydrogens (tertiary/aromatic N) is 1. The van der Waals surface area contributed by atoms with Crippen LogP contribution in [0.5, 0.6) is 5.75 Å². The average Bonchev–Trinajstić information content (AvgIpc) is 2.54. The Morgan fingerprint density at radius 3 is 2.75 bits per heavy atom. The molecule has 8 heteroatoms. The first-order chi connectivity index (χ1) is 11.4. The van der Waals surface area contributed by atoms with Crippen molar-refractivity contribution in [2.45, 2.75) is 13.3 Å². The Morgan fingerprint density at radius 2 is 2.08 bits per heavy atom. The maximum Gasteiger partial charge on any atom is 0.284 e. The molecule has 0 fully saturated rings. The molecule has 1 amide bonds. The van der Waals surface area contributed by atoms with E-state index in [-0.39, 0.29) is 11.3 Å². The molecule has 126 valence electrons. The maximum atomic E-state index is 12.4. The Bertz CT molecular complexity index is 783. The Labute approximate surface area is 152 Å². The van der Waals surface area contributed by atoms with Gasteiger partial charge in [0.05, 0.1) is 21.7 Å². The van der Waals surface area contributed by atoms with E-state index in [1.54, 1.807) is 18.2 Å². The second-order valence-electron chi connectivity index (χ2n) is 4.87. The van der Waals surface area contributed by atoms with E-state index in [9.17, 15) is 14.9 Å². The molecular formula is C16H14BrClN2O4. The molecule has 0 saturated heterocycles. The van der Waals surface area contributed by atoms with E-state index in [0.717, 1.165) is 6.42 Å². The molecule has 0 aliphatic heterocycles. The van der Waals surface area contributed by atoms with Crippen LogP contribution in [-0.2, 0) is 0 Å². The van der Waals surface area contributed by atoms with Crippen molar-refractivity contribution >= 4 is 44.8 Å². The van der Waals surface area contributed by atoms with Gasteiger partial charge in [-0.25, -0.2) is 0 Å². The van der Waals surface area contributed by atoms with Crippen molar-refractivity contribution in [3.8, 4) is 5.75 Å². The van der Waals surface area contributed by atoms with E-state index in [4.69, 9.17) is 16.3 Å². The standard InChI is InChI=1S/C16H14BrClN2O4/c1-2-7-24-15-6-4-11(18)9-13(15)19-16(21)10-3-5-12(17)14(8-10)20(22)23/h3-6,8-9H,2,7H2,1H3,(H,19,21). The molecule has 0 unspecified atom stereocenters. The van der Waals surface area contributed by atoms with Crippen LogP contribution in [-0.4, -0.2) is 17.4 Å². The first kappa shape index (κ1) is 18.2. The zero-order valence-corrected chi connectivity index (χ0v) is 15.1. The summed E-state index contributed by atoms with van der Waals surface area (Å²) in [6, 6.07) is 9.04. The fourth-order valence-corrected chi connectivity index (χ4v) is 2.49. The highest BCUT2D eigenvalue weighted by Crippen LogP contribution is 2.30. The molecule has 0 atom stereocenters. The lowest BCUT2D eigenvalue weighted by atomic mass is 10.2. The van der Waals surface area contributed by atoms with Crippen molar-refractivity contribution in [2.24, 2.45) is 0 Å². The summed E-state index contributed by atoms with van der Waals surface area (Å²) < 4.78 is 5.87. The molecule has 24 heavy (non-hydrogen) atoms. The Balaban J connectivity index is 2.28. The van der Waals surface area contributed by atoms with E-state index < -0.39 is 10.8 Å². The highest BCUT2D eigenvalue weighted by Gasteiger charge is 2.17. The molecule has 0 heterocycles. The topological polar surface area (TPSA) is 81.5 Å². The van der Waals surface area contributed by atoms with Gasteiger partial charge in [0.1, 0.15) is 5.75 Å². The molecule has 0 saturated carbocycles. The lowest BCUT2D eigenvalue weighted by molar-refractivity contribution is -0.385. The number of halogens is 2. The van der Waals surface area contributed by atoms with Crippen LogP contribution in [0.2, 0.25) is 5.02 Å². The predicted octanol–water partition coefficient (Wildman–Crippen LogP) is 5.05. The summed E-state index contributed by atoms with van der Waals surface area (Å²) in [5.74, 6) is -0.00423. The second kappa shape index (κ2) is 8.12. The van der Waals surface area contributed by atoms with Crippen LogP contribution in [0.1, 0.15) is 23.7 Å². The number of carbonyl (C=O) groups is 1. The van der Waals surface area contributed by atoms with Crippen molar-refractivity contribution in [1.82, 2.24) is 0 Å². The zero-order valence-electron chi connectivity index (χ0n) is 12.7. The maximum absolute atomic E-state index is 12.4. The molecule has 2 aromatic carbocycles. The van der Waals surface area contributed by atoms with Gasteiger partial charge in [0.2, 0.25) is 0 Å². The van der Waals surface area contributed by atoms with Crippen molar-refractivity contribution in [3.05, 3.63) is 61.6 Å². The van der Waals surface area contributed by atoms with Gasteiger partial charge in [0, 0.05) is 16.7 Å². The smallest absolute Gasteiger partial charge is 0.284 e. The van der Waals surface area contributed by atoms with Gasteiger partial charge in [-0.3, -0.25) is 14.9 Å². The fourth-order valence-electron chi connectivity index (χ4n) is 1.93. The van der Waals surface area contributed by atoms with Gasteiger partial charge in [-0.2, -0.15) is 0 Å². The third-order valence-electron chi connectivity index (χ3n) is 3.06. The van der Waals surface area contributed by atoms with Crippen LogP contribution in [0, 0.1) is 10.1 Å². The largest absolute Gasteiger partial charge is 0.491 e. The van der Waals surface area contributed by atoms with Gasteiger partial charge in [-0.1, -0.05) is 18.5 Å². The molecule has 0 bridgehead atoms. The fraction of sp³-hybridized carbons (Fsp3) is 0.188. The first-order valence-corrected chi connectivity index (χ1v) is 8.27. The molecule has 1 N–H and O–H groups in total.